The van der Waals surface area contributed by atoms with Gasteiger partial charge in [0.05, 0.1) is 6.26 Å². The number of pyridine rings is 1. The fraction of sp³-hybridized carbons (Fsp3) is 0.308. The highest BCUT2D eigenvalue weighted by atomic mass is 16.3. The number of rotatable bonds is 2. The summed E-state index contributed by atoms with van der Waals surface area (Å²) >= 11 is 0. The van der Waals surface area contributed by atoms with Crippen molar-refractivity contribution in [3.8, 4) is 11.5 Å². The second-order valence-corrected chi connectivity index (χ2v) is 4.02. The molecule has 2 rings (SSSR count). The van der Waals surface area contributed by atoms with Crippen LogP contribution in [0.4, 0.5) is 0 Å². The molecule has 0 unspecified atom stereocenters. The van der Waals surface area contributed by atoms with Crippen molar-refractivity contribution >= 4 is 0 Å². The summed E-state index contributed by atoms with van der Waals surface area (Å²) in [6, 6.07) is 8.02. The lowest BCUT2D eigenvalue weighted by Crippen LogP contribution is -1.96. The molecule has 0 radical (unpaired) electrons. The van der Waals surface area contributed by atoms with Crippen LogP contribution in [-0.2, 0) is 0 Å². The summed E-state index contributed by atoms with van der Waals surface area (Å²) in [4.78, 5) is 4.54. The van der Waals surface area contributed by atoms with Gasteiger partial charge in [0, 0.05) is 5.69 Å². The minimum atomic E-state index is 0.457. The van der Waals surface area contributed by atoms with Crippen LogP contribution in [0.5, 0.6) is 0 Å². The molecule has 0 spiro atoms. The van der Waals surface area contributed by atoms with Gasteiger partial charge in [0.15, 0.2) is 5.76 Å². The summed E-state index contributed by atoms with van der Waals surface area (Å²) in [5.41, 5.74) is 3.22. The molecule has 0 N–H and O–H groups in total. The molecule has 0 bridgehead atoms. The van der Waals surface area contributed by atoms with Gasteiger partial charge in [-0.3, -0.25) is 0 Å². The van der Waals surface area contributed by atoms with E-state index in [4.69, 9.17) is 4.42 Å². The van der Waals surface area contributed by atoms with Crippen LogP contribution in [0, 0.1) is 6.92 Å². The van der Waals surface area contributed by atoms with Gasteiger partial charge in [-0.2, -0.15) is 0 Å². The zero-order valence-electron chi connectivity index (χ0n) is 9.32. The van der Waals surface area contributed by atoms with Crippen LogP contribution >= 0.6 is 0 Å². The van der Waals surface area contributed by atoms with E-state index in [9.17, 15) is 0 Å². The predicted octanol–water partition coefficient (Wildman–Crippen LogP) is 3.77. The Labute approximate surface area is 90.0 Å². The van der Waals surface area contributed by atoms with Gasteiger partial charge in [0.2, 0.25) is 0 Å². The maximum Gasteiger partial charge on any atom is 0.152 e. The SMILES string of the molecule is Cc1ccc(C(C)C)c(-c2ccco2)n1. The summed E-state index contributed by atoms with van der Waals surface area (Å²) in [5, 5.41) is 0. The van der Waals surface area contributed by atoms with Crippen molar-refractivity contribution in [2.75, 3.05) is 0 Å². The Morgan fingerprint density at radius 2 is 2.00 bits per heavy atom. The van der Waals surface area contributed by atoms with Gasteiger partial charge in [0.25, 0.3) is 0 Å². The quantitative estimate of drug-likeness (QED) is 0.739. The van der Waals surface area contributed by atoms with E-state index in [0.717, 1.165) is 17.1 Å². The van der Waals surface area contributed by atoms with Gasteiger partial charge >= 0.3 is 0 Å². The van der Waals surface area contributed by atoms with E-state index < -0.39 is 0 Å². The Morgan fingerprint density at radius 3 is 2.60 bits per heavy atom. The van der Waals surface area contributed by atoms with Crippen LogP contribution < -0.4 is 0 Å². The third-order valence-corrected chi connectivity index (χ3v) is 2.44. The third kappa shape index (κ3) is 1.94. The van der Waals surface area contributed by atoms with Crippen molar-refractivity contribution in [1.29, 1.82) is 0 Å². The van der Waals surface area contributed by atoms with Gasteiger partial charge in [-0.1, -0.05) is 19.9 Å². The summed E-state index contributed by atoms with van der Waals surface area (Å²) in [6.07, 6.45) is 1.68. The van der Waals surface area contributed by atoms with Crippen LogP contribution in [0.25, 0.3) is 11.5 Å². The van der Waals surface area contributed by atoms with E-state index in [1.165, 1.54) is 5.56 Å². The molecule has 2 nitrogen and oxygen atoms in total. The van der Waals surface area contributed by atoms with Crippen molar-refractivity contribution in [2.24, 2.45) is 0 Å². The molecule has 0 amide bonds. The van der Waals surface area contributed by atoms with Gasteiger partial charge in [0.1, 0.15) is 5.69 Å². The minimum Gasteiger partial charge on any atom is -0.463 e. The molecule has 0 saturated heterocycles. The fourth-order valence-electron chi connectivity index (χ4n) is 1.64. The van der Waals surface area contributed by atoms with E-state index in [1.54, 1.807) is 6.26 Å². The second kappa shape index (κ2) is 3.89. The van der Waals surface area contributed by atoms with Crippen molar-refractivity contribution in [3.63, 3.8) is 0 Å². The Morgan fingerprint density at radius 1 is 1.20 bits per heavy atom. The Balaban J connectivity index is 2.58. The molecule has 78 valence electrons. The van der Waals surface area contributed by atoms with Crippen LogP contribution in [-0.4, -0.2) is 4.98 Å². The van der Waals surface area contributed by atoms with E-state index in [1.807, 2.05) is 25.1 Å². The molecular formula is C13H15NO. The molecule has 2 heteroatoms. The number of hydrogen-bond donors (Lipinski definition) is 0. The molecule has 15 heavy (non-hydrogen) atoms. The van der Waals surface area contributed by atoms with Crippen LogP contribution in [0.2, 0.25) is 0 Å². The van der Waals surface area contributed by atoms with E-state index >= 15 is 0 Å². The molecule has 0 atom stereocenters. The zero-order valence-corrected chi connectivity index (χ0v) is 9.32. The lowest BCUT2D eigenvalue weighted by atomic mass is 10.00. The van der Waals surface area contributed by atoms with Gasteiger partial charge in [-0.05, 0) is 36.6 Å². The average Bonchev–Trinajstić information content (AvgIpc) is 2.69. The molecule has 0 aliphatic rings. The maximum absolute atomic E-state index is 5.40. The minimum absolute atomic E-state index is 0.457. The molecule has 0 saturated carbocycles. The highest BCUT2D eigenvalue weighted by Gasteiger charge is 2.12. The molecule has 0 aromatic carbocycles. The molecule has 2 aromatic heterocycles. The van der Waals surface area contributed by atoms with Crippen LogP contribution in [0.15, 0.2) is 34.9 Å². The van der Waals surface area contributed by atoms with Gasteiger partial charge < -0.3 is 4.42 Å². The predicted molar refractivity (Wildman–Crippen MR) is 60.8 cm³/mol. The van der Waals surface area contributed by atoms with E-state index in [-0.39, 0.29) is 0 Å². The largest absolute Gasteiger partial charge is 0.463 e. The second-order valence-electron chi connectivity index (χ2n) is 4.02. The summed E-state index contributed by atoms with van der Waals surface area (Å²) < 4.78 is 5.40. The summed E-state index contributed by atoms with van der Waals surface area (Å²) in [6.45, 7) is 6.33. The van der Waals surface area contributed by atoms with E-state index in [0.29, 0.717) is 5.92 Å². The van der Waals surface area contributed by atoms with Gasteiger partial charge in [-0.15, -0.1) is 0 Å². The topological polar surface area (TPSA) is 26.0 Å². The first-order chi connectivity index (χ1) is 7.18. The zero-order chi connectivity index (χ0) is 10.8. The molecule has 2 aromatic rings. The number of aryl methyl sites for hydroxylation is 1. The first kappa shape index (κ1) is 9.97. The van der Waals surface area contributed by atoms with Crippen LogP contribution in [0.3, 0.4) is 0 Å². The number of hydrogen-bond acceptors (Lipinski definition) is 2. The Kier molecular flexibility index (Phi) is 2.58. The third-order valence-electron chi connectivity index (χ3n) is 2.44. The van der Waals surface area contributed by atoms with Crippen molar-refractivity contribution in [3.05, 3.63) is 41.8 Å². The van der Waals surface area contributed by atoms with Crippen LogP contribution in [0.1, 0.15) is 31.0 Å². The van der Waals surface area contributed by atoms with Crippen molar-refractivity contribution in [2.45, 2.75) is 26.7 Å². The lowest BCUT2D eigenvalue weighted by molar-refractivity contribution is 0.578. The Hall–Kier alpha value is -1.57. The smallest absolute Gasteiger partial charge is 0.152 e. The molecule has 0 fully saturated rings. The summed E-state index contributed by atoms with van der Waals surface area (Å²) in [5.74, 6) is 1.31. The molecule has 2 heterocycles. The molecular weight excluding hydrogens is 186 g/mol. The first-order valence-electron chi connectivity index (χ1n) is 5.20. The number of nitrogens with zero attached hydrogens (tertiary/aromatic N) is 1. The fourth-order valence-corrected chi connectivity index (χ4v) is 1.64. The monoisotopic (exact) mass is 201 g/mol. The molecule has 0 aliphatic heterocycles. The molecule has 0 aliphatic carbocycles. The van der Waals surface area contributed by atoms with Crippen molar-refractivity contribution in [1.82, 2.24) is 4.98 Å². The first-order valence-corrected chi connectivity index (χ1v) is 5.20. The van der Waals surface area contributed by atoms with Crippen molar-refractivity contribution < 1.29 is 4.42 Å². The highest BCUT2D eigenvalue weighted by Crippen LogP contribution is 2.27. The normalized spacial score (nSPS) is 10.9. The highest BCUT2D eigenvalue weighted by molar-refractivity contribution is 5.58. The standard InChI is InChI=1S/C13H15NO/c1-9(2)11-7-6-10(3)14-13(11)12-5-4-8-15-12/h4-9H,1-3H3. The maximum atomic E-state index is 5.40. The lowest BCUT2D eigenvalue weighted by Gasteiger charge is -2.10. The van der Waals surface area contributed by atoms with Gasteiger partial charge in [-0.25, -0.2) is 4.98 Å². The summed E-state index contributed by atoms with van der Waals surface area (Å²) in [7, 11) is 0. The van der Waals surface area contributed by atoms with E-state index in [2.05, 4.69) is 24.9 Å². The Bertz CT molecular complexity index is 444. The number of aromatic nitrogens is 1. The average molecular weight is 201 g/mol. The number of furan rings is 1.